The van der Waals surface area contributed by atoms with E-state index in [9.17, 15) is 18.0 Å². The molecule has 0 aliphatic heterocycles. The Bertz CT molecular complexity index is 448. The smallest absolute Gasteiger partial charge is 0.441 e. The maximum absolute atomic E-state index is 11.9. The van der Waals surface area contributed by atoms with Crippen molar-refractivity contribution < 1.29 is 32.5 Å². The van der Waals surface area contributed by atoms with Gasteiger partial charge < -0.3 is 14.6 Å². The number of carboxylic acids is 1. The second-order valence-corrected chi connectivity index (χ2v) is 4.47. The SMILES string of the molecule is COc1ccc(OCCSC(F)(F)F)c(C(=O)O)c1. The van der Waals surface area contributed by atoms with Crippen molar-refractivity contribution in [2.45, 2.75) is 5.51 Å². The first-order valence-electron chi connectivity index (χ1n) is 5.08. The van der Waals surface area contributed by atoms with E-state index >= 15 is 0 Å². The molecule has 0 unspecified atom stereocenters. The van der Waals surface area contributed by atoms with Gasteiger partial charge in [0.1, 0.15) is 17.1 Å². The molecule has 0 aliphatic rings. The molecule has 0 bridgehead atoms. The van der Waals surface area contributed by atoms with Gasteiger partial charge in [0.2, 0.25) is 0 Å². The zero-order valence-electron chi connectivity index (χ0n) is 9.86. The Morgan fingerprint density at radius 1 is 1.42 bits per heavy atom. The van der Waals surface area contributed by atoms with Gasteiger partial charge in [-0.2, -0.15) is 13.2 Å². The van der Waals surface area contributed by atoms with Gasteiger partial charge in [0.15, 0.2) is 0 Å². The van der Waals surface area contributed by atoms with E-state index in [-0.39, 0.29) is 35.4 Å². The zero-order chi connectivity index (χ0) is 14.5. The lowest BCUT2D eigenvalue weighted by Gasteiger charge is -2.11. The fourth-order valence-electron chi connectivity index (χ4n) is 1.24. The van der Waals surface area contributed by atoms with Crippen LogP contribution in [0.15, 0.2) is 18.2 Å². The fourth-order valence-corrected chi connectivity index (χ4v) is 1.64. The van der Waals surface area contributed by atoms with Gasteiger partial charge in [-0.15, -0.1) is 0 Å². The molecule has 4 nitrogen and oxygen atoms in total. The third kappa shape index (κ3) is 5.29. The van der Waals surface area contributed by atoms with Crippen molar-refractivity contribution in [3.05, 3.63) is 23.8 Å². The summed E-state index contributed by atoms with van der Waals surface area (Å²) in [6.45, 7) is -0.239. The second kappa shape index (κ2) is 6.55. The highest BCUT2D eigenvalue weighted by atomic mass is 32.2. The van der Waals surface area contributed by atoms with Crippen LogP contribution >= 0.6 is 11.8 Å². The average Bonchev–Trinajstić information content (AvgIpc) is 2.33. The number of alkyl halides is 3. The van der Waals surface area contributed by atoms with Gasteiger partial charge in [-0.1, -0.05) is 0 Å². The third-order valence-electron chi connectivity index (χ3n) is 2.02. The van der Waals surface area contributed by atoms with Gasteiger partial charge in [-0.3, -0.25) is 0 Å². The highest BCUT2D eigenvalue weighted by Gasteiger charge is 2.27. The van der Waals surface area contributed by atoms with Gasteiger partial charge in [0, 0.05) is 5.75 Å². The van der Waals surface area contributed by atoms with Crippen molar-refractivity contribution >= 4 is 17.7 Å². The van der Waals surface area contributed by atoms with E-state index in [1.807, 2.05) is 0 Å². The summed E-state index contributed by atoms with van der Waals surface area (Å²) < 4.78 is 45.5. The van der Waals surface area contributed by atoms with Crippen LogP contribution in [0.25, 0.3) is 0 Å². The molecule has 0 radical (unpaired) electrons. The molecule has 0 saturated heterocycles. The molecular formula is C11H11F3O4S. The van der Waals surface area contributed by atoms with Crippen LogP contribution in [0.5, 0.6) is 11.5 Å². The largest absolute Gasteiger partial charge is 0.497 e. The molecule has 0 saturated carbocycles. The number of aromatic carboxylic acids is 1. The molecule has 1 N–H and O–H groups in total. The molecular weight excluding hydrogens is 285 g/mol. The van der Waals surface area contributed by atoms with Crippen LogP contribution < -0.4 is 9.47 Å². The van der Waals surface area contributed by atoms with E-state index < -0.39 is 11.5 Å². The minimum atomic E-state index is -4.32. The summed E-state index contributed by atoms with van der Waals surface area (Å²) in [4.78, 5) is 11.0. The van der Waals surface area contributed by atoms with E-state index in [0.29, 0.717) is 5.75 Å². The lowest BCUT2D eigenvalue weighted by Crippen LogP contribution is -2.09. The number of carboxylic acid groups (broad SMARTS) is 1. The van der Waals surface area contributed by atoms with Crippen LogP contribution in [0.1, 0.15) is 10.4 Å². The summed E-state index contributed by atoms with van der Waals surface area (Å²) in [6, 6.07) is 4.06. The molecule has 0 amide bonds. The first-order valence-corrected chi connectivity index (χ1v) is 6.07. The van der Waals surface area contributed by atoms with E-state index in [2.05, 4.69) is 0 Å². The molecule has 8 heteroatoms. The van der Waals surface area contributed by atoms with Crippen molar-refractivity contribution in [1.82, 2.24) is 0 Å². The van der Waals surface area contributed by atoms with E-state index in [4.69, 9.17) is 14.6 Å². The first-order chi connectivity index (χ1) is 8.83. The van der Waals surface area contributed by atoms with E-state index in [1.165, 1.54) is 25.3 Å². The number of carbonyl (C=O) groups is 1. The van der Waals surface area contributed by atoms with E-state index in [0.717, 1.165) is 0 Å². The molecule has 0 spiro atoms. The van der Waals surface area contributed by atoms with Crippen LogP contribution in [-0.4, -0.2) is 36.1 Å². The van der Waals surface area contributed by atoms with Gasteiger partial charge in [-0.25, -0.2) is 4.79 Å². The number of ether oxygens (including phenoxy) is 2. The minimum Gasteiger partial charge on any atom is -0.497 e. The normalized spacial score (nSPS) is 11.2. The van der Waals surface area contributed by atoms with Crippen molar-refractivity contribution in [1.29, 1.82) is 0 Å². The summed E-state index contributed by atoms with van der Waals surface area (Å²) in [5.74, 6) is -1.21. The predicted molar refractivity (Wildman–Crippen MR) is 64.0 cm³/mol. The summed E-state index contributed by atoms with van der Waals surface area (Å²) in [5, 5.41) is 8.95. The van der Waals surface area contributed by atoms with Crippen molar-refractivity contribution in [3.63, 3.8) is 0 Å². The molecule has 1 rings (SSSR count). The highest BCUT2D eigenvalue weighted by molar-refractivity contribution is 8.00. The second-order valence-electron chi connectivity index (χ2n) is 3.31. The number of hydrogen-bond donors (Lipinski definition) is 1. The van der Waals surface area contributed by atoms with Gasteiger partial charge in [0.25, 0.3) is 0 Å². The Kier molecular flexibility index (Phi) is 5.34. The van der Waals surface area contributed by atoms with Crippen LogP contribution in [0, 0.1) is 0 Å². The summed E-state index contributed by atoms with van der Waals surface area (Å²) in [5.41, 5.74) is -4.48. The Morgan fingerprint density at radius 3 is 2.63 bits per heavy atom. The summed E-state index contributed by atoms with van der Waals surface area (Å²) in [7, 11) is 1.38. The van der Waals surface area contributed by atoms with Crippen LogP contribution in [0.2, 0.25) is 0 Å². The Hall–Kier alpha value is -1.57. The maximum atomic E-state index is 11.9. The molecule has 0 heterocycles. The average molecular weight is 296 g/mol. The van der Waals surface area contributed by atoms with Crippen LogP contribution in [0.3, 0.4) is 0 Å². The molecule has 0 atom stereocenters. The first kappa shape index (κ1) is 15.5. The van der Waals surface area contributed by atoms with Gasteiger partial charge >= 0.3 is 11.5 Å². The molecule has 0 aromatic heterocycles. The lowest BCUT2D eigenvalue weighted by molar-refractivity contribution is -0.0329. The van der Waals surface area contributed by atoms with E-state index in [1.54, 1.807) is 0 Å². The molecule has 106 valence electrons. The minimum absolute atomic E-state index is 0.0103. The van der Waals surface area contributed by atoms with Crippen molar-refractivity contribution in [3.8, 4) is 11.5 Å². The molecule has 0 fully saturated rings. The number of benzene rings is 1. The lowest BCUT2D eigenvalue weighted by atomic mass is 10.2. The van der Waals surface area contributed by atoms with Crippen LogP contribution in [0.4, 0.5) is 13.2 Å². The quantitative estimate of drug-likeness (QED) is 0.818. The zero-order valence-corrected chi connectivity index (χ0v) is 10.7. The van der Waals surface area contributed by atoms with Crippen LogP contribution in [-0.2, 0) is 0 Å². The Labute approximate surface area is 111 Å². The third-order valence-corrected chi connectivity index (χ3v) is 2.72. The molecule has 1 aromatic carbocycles. The fraction of sp³-hybridized carbons (Fsp3) is 0.364. The molecule has 19 heavy (non-hydrogen) atoms. The maximum Gasteiger partial charge on any atom is 0.441 e. The molecule has 0 aliphatic carbocycles. The number of rotatable bonds is 6. The Balaban J connectivity index is 2.65. The standard InChI is InChI=1S/C11H11F3O4S/c1-17-7-2-3-9(8(6-7)10(15)16)18-4-5-19-11(12,13)14/h2-3,6H,4-5H2,1H3,(H,15,16). The number of methoxy groups -OCH3 is 1. The summed E-state index contributed by atoms with van der Waals surface area (Å²) in [6.07, 6.45) is 0. The Morgan fingerprint density at radius 2 is 2.11 bits per heavy atom. The summed E-state index contributed by atoms with van der Waals surface area (Å²) >= 11 is -0.222. The van der Waals surface area contributed by atoms with Gasteiger partial charge in [0.05, 0.1) is 13.7 Å². The number of thioether (sulfide) groups is 1. The van der Waals surface area contributed by atoms with Crippen molar-refractivity contribution in [2.75, 3.05) is 19.5 Å². The monoisotopic (exact) mass is 296 g/mol. The van der Waals surface area contributed by atoms with Crippen molar-refractivity contribution in [2.24, 2.45) is 0 Å². The van der Waals surface area contributed by atoms with Gasteiger partial charge in [-0.05, 0) is 30.0 Å². The number of hydrogen-bond acceptors (Lipinski definition) is 4. The predicted octanol–water partition coefficient (Wildman–Crippen LogP) is 3.03. The topological polar surface area (TPSA) is 55.8 Å². The molecule has 1 aromatic rings. The number of halogens is 3. The highest BCUT2D eigenvalue weighted by Crippen LogP contribution is 2.30.